The van der Waals surface area contributed by atoms with Gasteiger partial charge in [0.1, 0.15) is 5.02 Å². The van der Waals surface area contributed by atoms with Crippen molar-refractivity contribution < 1.29 is 4.79 Å². The van der Waals surface area contributed by atoms with E-state index in [0.717, 1.165) is 6.42 Å². The number of aryl methyl sites for hydroxylation is 1. The summed E-state index contributed by atoms with van der Waals surface area (Å²) in [4.78, 5) is 25.6. The molecule has 0 spiro atoms. The van der Waals surface area contributed by atoms with E-state index < -0.39 is 0 Å². The van der Waals surface area contributed by atoms with Gasteiger partial charge in [0, 0.05) is 32.6 Å². The molecule has 118 valence electrons. The molecule has 1 heterocycles. The first kappa shape index (κ1) is 17.5. The molecule has 0 radical (unpaired) electrons. The Labute approximate surface area is 130 Å². The molecule has 0 fully saturated rings. The lowest BCUT2D eigenvalue weighted by Gasteiger charge is -2.18. The topological polar surface area (TPSA) is 67.2 Å². The molecule has 1 rings (SSSR count). The van der Waals surface area contributed by atoms with Crippen LogP contribution < -0.4 is 10.9 Å². The Bertz CT molecular complexity index is 526. The summed E-state index contributed by atoms with van der Waals surface area (Å²) in [5.41, 5.74) is 0.167. The molecule has 0 saturated heterocycles. The van der Waals surface area contributed by atoms with Crippen LogP contribution in [0.25, 0.3) is 0 Å². The van der Waals surface area contributed by atoms with E-state index in [2.05, 4.69) is 10.4 Å². The van der Waals surface area contributed by atoms with E-state index >= 15 is 0 Å². The number of hydrogen-bond donors (Lipinski definition) is 1. The minimum absolute atomic E-state index is 0.0795. The molecule has 0 aliphatic rings. The Morgan fingerprint density at radius 1 is 1.38 bits per heavy atom. The molecule has 6 nitrogen and oxygen atoms in total. The number of amides is 1. The summed E-state index contributed by atoms with van der Waals surface area (Å²) in [7, 11) is 0. The number of aromatic nitrogens is 2. The van der Waals surface area contributed by atoms with Gasteiger partial charge in [0.25, 0.3) is 5.56 Å². The fraction of sp³-hybridized carbons (Fsp3) is 0.643. The van der Waals surface area contributed by atoms with Crippen LogP contribution in [0.15, 0.2) is 11.0 Å². The van der Waals surface area contributed by atoms with Crippen LogP contribution in [0.4, 0.5) is 5.69 Å². The summed E-state index contributed by atoms with van der Waals surface area (Å²) in [6.45, 7) is 8.22. The van der Waals surface area contributed by atoms with Gasteiger partial charge >= 0.3 is 0 Å². The van der Waals surface area contributed by atoms with Crippen molar-refractivity contribution in [2.45, 2.75) is 40.2 Å². The highest BCUT2D eigenvalue weighted by atomic mass is 35.5. The Morgan fingerprint density at radius 2 is 2.05 bits per heavy atom. The third-order valence-corrected chi connectivity index (χ3v) is 3.56. The molecule has 0 atom stereocenters. The molecule has 1 aromatic heterocycles. The number of carbonyl (C=O) groups excluding carboxylic acids is 1. The molecule has 0 aliphatic heterocycles. The molecule has 1 amide bonds. The predicted octanol–water partition coefficient (Wildman–Crippen LogP) is 1.98. The summed E-state index contributed by atoms with van der Waals surface area (Å²) in [5, 5.41) is 7.18. The summed E-state index contributed by atoms with van der Waals surface area (Å²) in [6, 6.07) is 0. The normalized spacial score (nSPS) is 10.5. The second-order valence-electron chi connectivity index (χ2n) is 4.64. The molecule has 7 heteroatoms. The van der Waals surface area contributed by atoms with Gasteiger partial charge in [0.05, 0.1) is 11.9 Å². The maximum atomic E-state index is 11.9. The minimum Gasteiger partial charge on any atom is -0.382 e. The summed E-state index contributed by atoms with van der Waals surface area (Å²) >= 11 is 6.04. The van der Waals surface area contributed by atoms with Gasteiger partial charge in [-0.3, -0.25) is 9.59 Å². The SMILES string of the molecule is CCCn1ncc(NCCC(=O)N(CC)CC)c(Cl)c1=O. The molecule has 0 saturated carbocycles. The highest BCUT2D eigenvalue weighted by molar-refractivity contribution is 6.32. The molecule has 0 unspecified atom stereocenters. The molecular formula is C14H23ClN4O2. The molecule has 0 bridgehead atoms. The van der Waals surface area contributed by atoms with Crippen molar-refractivity contribution >= 4 is 23.2 Å². The maximum Gasteiger partial charge on any atom is 0.287 e. The maximum absolute atomic E-state index is 11.9. The highest BCUT2D eigenvalue weighted by Crippen LogP contribution is 2.15. The van der Waals surface area contributed by atoms with Gasteiger partial charge in [0.15, 0.2) is 0 Å². The lowest BCUT2D eigenvalue weighted by atomic mass is 10.3. The van der Waals surface area contributed by atoms with Crippen molar-refractivity contribution in [3.8, 4) is 0 Å². The van der Waals surface area contributed by atoms with Crippen LogP contribution in [-0.4, -0.2) is 40.2 Å². The Kier molecular flexibility index (Phi) is 7.22. The number of carbonyl (C=O) groups is 1. The molecule has 1 aromatic rings. The Hall–Kier alpha value is -1.56. The minimum atomic E-state index is -0.307. The second kappa shape index (κ2) is 8.67. The van der Waals surface area contributed by atoms with Crippen molar-refractivity contribution in [2.75, 3.05) is 25.0 Å². The number of nitrogens with one attached hydrogen (secondary N) is 1. The van der Waals surface area contributed by atoms with Gasteiger partial charge in [-0.25, -0.2) is 4.68 Å². The van der Waals surface area contributed by atoms with Crippen molar-refractivity contribution in [1.82, 2.24) is 14.7 Å². The van der Waals surface area contributed by atoms with Gasteiger partial charge in [0.2, 0.25) is 5.91 Å². The Balaban J connectivity index is 2.63. The van der Waals surface area contributed by atoms with Crippen LogP contribution in [0.3, 0.4) is 0 Å². The number of nitrogens with zero attached hydrogens (tertiary/aromatic N) is 3. The molecular weight excluding hydrogens is 292 g/mol. The van der Waals surface area contributed by atoms with E-state index in [1.165, 1.54) is 10.9 Å². The van der Waals surface area contributed by atoms with E-state index in [0.29, 0.717) is 38.3 Å². The summed E-state index contributed by atoms with van der Waals surface area (Å²) in [5.74, 6) is 0.0795. The molecule has 21 heavy (non-hydrogen) atoms. The first-order valence-corrected chi connectivity index (χ1v) is 7.70. The first-order chi connectivity index (χ1) is 10.0. The lowest BCUT2D eigenvalue weighted by Crippen LogP contribution is -2.31. The standard InChI is InChI=1S/C14H23ClN4O2/c1-4-9-19-14(21)13(15)11(10-17-19)16-8-7-12(20)18(5-2)6-3/h10,16H,4-9H2,1-3H3. The van der Waals surface area contributed by atoms with E-state index in [4.69, 9.17) is 11.6 Å². The van der Waals surface area contributed by atoms with E-state index in [1.54, 1.807) is 4.90 Å². The number of hydrogen-bond acceptors (Lipinski definition) is 4. The van der Waals surface area contributed by atoms with E-state index in [9.17, 15) is 9.59 Å². The van der Waals surface area contributed by atoms with Crippen LogP contribution in [-0.2, 0) is 11.3 Å². The zero-order chi connectivity index (χ0) is 15.8. The van der Waals surface area contributed by atoms with Gasteiger partial charge < -0.3 is 10.2 Å². The van der Waals surface area contributed by atoms with E-state index in [1.807, 2.05) is 20.8 Å². The van der Waals surface area contributed by atoms with Gasteiger partial charge in [-0.1, -0.05) is 18.5 Å². The fourth-order valence-electron chi connectivity index (χ4n) is 2.00. The second-order valence-corrected chi connectivity index (χ2v) is 5.02. The molecule has 0 aliphatic carbocycles. The quantitative estimate of drug-likeness (QED) is 0.796. The first-order valence-electron chi connectivity index (χ1n) is 7.32. The average Bonchev–Trinajstić information content (AvgIpc) is 2.48. The van der Waals surface area contributed by atoms with Crippen LogP contribution >= 0.6 is 11.6 Å². The summed E-state index contributed by atoms with van der Waals surface area (Å²) in [6.07, 6.45) is 2.70. The Morgan fingerprint density at radius 3 is 2.62 bits per heavy atom. The van der Waals surface area contributed by atoms with Crippen LogP contribution in [0.5, 0.6) is 0 Å². The average molecular weight is 315 g/mol. The predicted molar refractivity (Wildman–Crippen MR) is 84.8 cm³/mol. The summed E-state index contributed by atoms with van der Waals surface area (Å²) < 4.78 is 1.34. The van der Waals surface area contributed by atoms with Gasteiger partial charge in [-0.15, -0.1) is 0 Å². The van der Waals surface area contributed by atoms with Crippen molar-refractivity contribution in [3.05, 3.63) is 21.6 Å². The molecule has 1 N–H and O–H groups in total. The van der Waals surface area contributed by atoms with Crippen molar-refractivity contribution in [1.29, 1.82) is 0 Å². The zero-order valence-electron chi connectivity index (χ0n) is 12.9. The number of halogens is 1. The number of rotatable bonds is 8. The highest BCUT2D eigenvalue weighted by Gasteiger charge is 2.11. The van der Waals surface area contributed by atoms with Gasteiger partial charge in [-0.05, 0) is 20.3 Å². The largest absolute Gasteiger partial charge is 0.382 e. The fourth-order valence-corrected chi connectivity index (χ4v) is 2.21. The lowest BCUT2D eigenvalue weighted by molar-refractivity contribution is -0.130. The van der Waals surface area contributed by atoms with E-state index in [-0.39, 0.29) is 16.5 Å². The van der Waals surface area contributed by atoms with Gasteiger partial charge in [-0.2, -0.15) is 5.10 Å². The third kappa shape index (κ3) is 4.74. The third-order valence-electron chi connectivity index (χ3n) is 3.19. The van der Waals surface area contributed by atoms with Crippen LogP contribution in [0.1, 0.15) is 33.6 Å². The van der Waals surface area contributed by atoms with Crippen molar-refractivity contribution in [2.24, 2.45) is 0 Å². The zero-order valence-corrected chi connectivity index (χ0v) is 13.6. The monoisotopic (exact) mass is 314 g/mol. The smallest absolute Gasteiger partial charge is 0.287 e. The van der Waals surface area contributed by atoms with Crippen molar-refractivity contribution in [3.63, 3.8) is 0 Å². The molecule has 0 aromatic carbocycles. The number of anilines is 1. The van der Waals surface area contributed by atoms with Crippen LogP contribution in [0.2, 0.25) is 5.02 Å². The van der Waals surface area contributed by atoms with Crippen LogP contribution in [0, 0.1) is 0 Å².